The highest BCUT2D eigenvalue weighted by molar-refractivity contribution is 5.89. The number of urea groups is 1. The van der Waals surface area contributed by atoms with E-state index in [1.165, 1.54) is 0 Å². The molecule has 2 amide bonds. The van der Waals surface area contributed by atoms with Crippen LogP contribution in [-0.2, 0) is 6.54 Å². The third-order valence-corrected chi connectivity index (χ3v) is 4.42. The van der Waals surface area contributed by atoms with Crippen LogP contribution >= 0.6 is 0 Å². The lowest BCUT2D eigenvalue weighted by molar-refractivity contribution is 0.151. The molecule has 1 heterocycles. The molecule has 0 bridgehead atoms. The average molecular weight is 328 g/mol. The summed E-state index contributed by atoms with van der Waals surface area (Å²) in [5, 5.41) is 19.9. The van der Waals surface area contributed by atoms with E-state index in [0.29, 0.717) is 6.54 Å². The van der Waals surface area contributed by atoms with Gasteiger partial charge in [0, 0.05) is 11.4 Å². The van der Waals surface area contributed by atoms with E-state index in [9.17, 15) is 9.90 Å². The van der Waals surface area contributed by atoms with Crippen LogP contribution in [0, 0.1) is 13.8 Å². The summed E-state index contributed by atoms with van der Waals surface area (Å²) in [6.07, 6.45) is 2.09. The van der Waals surface area contributed by atoms with Gasteiger partial charge in [-0.1, -0.05) is 12.1 Å². The summed E-state index contributed by atoms with van der Waals surface area (Å²) in [6.45, 7) is 4.67. The van der Waals surface area contributed by atoms with E-state index in [4.69, 9.17) is 0 Å². The fourth-order valence-electron chi connectivity index (χ4n) is 3.20. The molecular formula is C18H24N4O2. The van der Waals surface area contributed by atoms with Crippen molar-refractivity contribution in [1.29, 1.82) is 0 Å². The van der Waals surface area contributed by atoms with Gasteiger partial charge < -0.3 is 15.7 Å². The zero-order chi connectivity index (χ0) is 17.1. The van der Waals surface area contributed by atoms with Gasteiger partial charge in [-0.05, 0) is 56.9 Å². The molecule has 1 saturated carbocycles. The third kappa shape index (κ3) is 3.94. The number of aliphatic hydroxyl groups excluding tert-OH is 1. The first kappa shape index (κ1) is 16.5. The summed E-state index contributed by atoms with van der Waals surface area (Å²) in [5.74, 6) is 0. The van der Waals surface area contributed by atoms with Crippen LogP contribution in [0.25, 0.3) is 0 Å². The molecule has 24 heavy (non-hydrogen) atoms. The van der Waals surface area contributed by atoms with Gasteiger partial charge in [-0.25, -0.2) is 4.79 Å². The van der Waals surface area contributed by atoms with Crippen LogP contribution in [0.3, 0.4) is 0 Å². The van der Waals surface area contributed by atoms with Crippen LogP contribution in [0.1, 0.15) is 36.2 Å². The summed E-state index contributed by atoms with van der Waals surface area (Å²) >= 11 is 0. The molecule has 0 radical (unpaired) electrons. The molecule has 1 fully saturated rings. The summed E-state index contributed by atoms with van der Waals surface area (Å²) in [7, 11) is 0. The zero-order valence-corrected chi connectivity index (χ0v) is 14.1. The van der Waals surface area contributed by atoms with Crippen molar-refractivity contribution in [1.82, 2.24) is 15.1 Å². The number of nitrogens with zero attached hydrogens (tertiary/aromatic N) is 2. The molecule has 1 aromatic heterocycles. The van der Waals surface area contributed by atoms with Crippen molar-refractivity contribution in [3.8, 4) is 0 Å². The van der Waals surface area contributed by atoms with Crippen LogP contribution in [0.2, 0.25) is 0 Å². The van der Waals surface area contributed by atoms with E-state index in [2.05, 4.69) is 15.7 Å². The minimum absolute atomic E-state index is 0.150. The Morgan fingerprint density at radius 2 is 2.17 bits per heavy atom. The Balaban J connectivity index is 1.62. The molecule has 6 nitrogen and oxygen atoms in total. The van der Waals surface area contributed by atoms with E-state index in [-0.39, 0.29) is 12.1 Å². The van der Waals surface area contributed by atoms with Gasteiger partial charge in [0.2, 0.25) is 0 Å². The SMILES string of the molecule is Cc1cc(C)n(Cc2cccc(NC(=O)N[C@H]3CCC[C@@H]3O)c2)n1. The number of amides is 2. The molecule has 128 valence electrons. The minimum Gasteiger partial charge on any atom is -0.391 e. The van der Waals surface area contributed by atoms with Gasteiger partial charge in [-0.15, -0.1) is 0 Å². The second-order valence-corrected chi connectivity index (χ2v) is 6.49. The quantitative estimate of drug-likeness (QED) is 0.807. The van der Waals surface area contributed by atoms with Gasteiger partial charge in [0.15, 0.2) is 0 Å². The van der Waals surface area contributed by atoms with Gasteiger partial charge >= 0.3 is 6.03 Å². The molecule has 0 aliphatic heterocycles. The molecule has 1 aromatic carbocycles. The van der Waals surface area contributed by atoms with Gasteiger partial charge in [-0.3, -0.25) is 4.68 Å². The zero-order valence-electron chi connectivity index (χ0n) is 14.1. The maximum atomic E-state index is 12.1. The van der Waals surface area contributed by atoms with E-state index in [1.54, 1.807) is 0 Å². The highest BCUT2D eigenvalue weighted by atomic mass is 16.3. The van der Waals surface area contributed by atoms with E-state index >= 15 is 0 Å². The standard InChI is InChI=1S/C18H24N4O2/c1-12-9-13(2)22(21-12)11-14-5-3-6-15(10-14)19-18(24)20-16-7-4-8-17(16)23/h3,5-6,9-10,16-17,23H,4,7-8,11H2,1-2H3,(H2,19,20,24)/t16-,17-/m0/s1. The Kier molecular flexibility index (Phi) is 4.85. The van der Waals surface area contributed by atoms with Crippen molar-refractivity contribution in [3.63, 3.8) is 0 Å². The molecular weight excluding hydrogens is 304 g/mol. The van der Waals surface area contributed by atoms with Crippen LogP contribution in [0.4, 0.5) is 10.5 Å². The predicted octanol–water partition coefficient (Wildman–Crippen LogP) is 2.58. The fourth-order valence-corrected chi connectivity index (χ4v) is 3.20. The Morgan fingerprint density at radius 1 is 1.33 bits per heavy atom. The highest BCUT2D eigenvalue weighted by Gasteiger charge is 2.26. The van der Waals surface area contributed by atoms with Gasteiger partial charge in [0.05, 0.1) is 24.4 Å². The molecule has 6 heteroatoms. The number of hydrogen-bond acceptors (Lipinski definition) is 3. The van der Waals surface area contributed by atoms with E-state index in [0.717, 1.165) is 41.9 Å². The molecule has 1 aliphatic carbocycles. The van der Waals surface area contributed by atoms with Crippen LogP contribution < -0.4 is 10.6 Å². The fraction of sp³-hybridized carbons (Fsp3) is 0.444. The van der Waals surface area contributed by atoms with Crippen molar-refractivity contribution in [2.45, 2.75) is 51.8 Å². The van der Waals surface area contributed by atoms with Gasteiger partial charge in [-0.2, -0.15) is 5.10 Å². The molecule has 0 unspecified atom stereocenters. The molecule has 2 atom stereocenters. The number of anilines is 1. The van der Waals surface area contributed by atoms with E-state index < -0.39 is 6.10 Å². The van der Waals surface area contributed by atoms with Crippen LogP contribution in [0.5, 0.6) is 0 Å². The number of benzene rings is 1. The topological polar surface area (TPSA) is 79.2 Å². The second-order valence-electron chi connectivity index (χ2n) is 6.49. The van der Waals surface area contributed by atoms with Crippen molar-refractivity contribution in [2.24, 2.45) is 0 Å². The Hall–Kier alpha value is -2.34. The number of rotatable bonds is 4. The average Bonchev–Trinajstić information content (AvgIpc) is 3.05. The van der Waals surface area contributed by atoms with Gasteiger partial charge in [0.25, 0.3) is 0 Å². The first-order chi connectivity index (χ1) is 11.5. The van der Waals surface area contributed by atoms with Crippen molar-refractivity contribution in [3.05, 3.63) is 47.3 Å². The molecule has 1 aliphatic rings. The molecule has 2 aromatic rings. The number of nitrogens with one attached hydrogen (secondary N) is 2. The van der Waals surface area contributed by atoms with Gasteiger partial charge in [0.1, 0.15) is 0 Å². The maximum absolute atomic E-state index is 12.1. The summed E-state index contributed by atoms with van der Waals surface area (Å²) in [5.41, 5.74) is 3.91. The molecule has 3 rings (SSSR count). The monoisotopic (exact) mass is 328 g/mol. The minimum atomic E-state index is -0.437. The highest BCUT2D eigenvalue weighted by Crippen LogP contribution is 2.19. The van der Waals surface area contributed by atoms with Crippen LogP contribution in [0.15, 0.2) is 30.3 Å². The van der Waals surface area contributed by atoms with Crippen molar-refractivity contribution < 1.29 is 9.90 Å². The first-order valence-corrected chi connectivity index (χ1v) is 8.37. The smallest absolute Gasteiger partial charge is 0.319 e. The second kappa shape index (κ2) is 7.05. The first-order valence-electron chi connectivity index (χ1n) is 8.37. The summed E-state index contributed by atoms with van der Waals surface area (Å²) in [4.78, 5) is 12.1. The Bertz CT molecular complexity index is 726. The Labute approximate surface area is 141 Å². The molecule has 0 spiro atoms. The predicted molar refractivity (Wildman–Crippen MR) is 93.0 cm³/mol. The third-order valence-electron chi connectivity index (χ3n) is 4.42. The number of carbonyl (C=O) groups is 1. The normalized spacial score (nSPS) is 20.1. The molecule has 0 saturated heterocycles. The maximum Gasteiger partial charge on any atom is 0.319 e. The van der Waals surface area contributed by atoms with Crippen LogP contribution in [-0.4, -0.2) is 33.1 Å². The number of aliphatic hydroxyl groups is 1. The van der Waals surface area contributed by atoms with Crippen molar-refractivity contribution in [2.75, 3.05) is 5.32 Å². The van der Waals surface area contributed by atoms with Crippen molar-refractivity contribution >= 4 is 11.7 Å². The van der Waals surface area contributed by atoms with E-state index in [1.807, 2.05) is 48.9 Å². The summed E-state index contributed by atoms with van der Waals surface area (Å²) in [6, 6.07) is 9.35. The largest absolute Gasteiger partial charge is 0.391 e. The lowest BCUT2D eigenvalue weighted by Crippen LogP contribution is -2.42. The Morgan fingerprint density at radius 3 is 2.83 bits per heavy atom. The summed E-state index contributed by atoms with van der Waals surface area (Å²) < 4.78 is 1.95. The number of hydrogen-bond donors (Lipinski definition) is 3. The lowest BCUT2D eigenvalue weighted by atomic mass is 10.2. The number of carbonyl (C=O) groups excluding carboxylic acids is 1. The number of aromatic nitrogens is 2. The molecule has 3 N–H and O–H groups in total. The number of aryl methyl sites for hydroxylation is 2. The lowest BCUT2D eigenvalue weighted by Gasteiger charge is -2.17.